The molecule has 0 radical (unpaired) electrons. The molecule has 2 N–H and O–H groups in total. The smallest absolute Gasteiger partial charge is 0.126 e. The molecule has 4 heteroatoms. The van der Waals surface area contributed by atoms with E-state index in [2.05, 4.69) is 6.07 Å². The van der Waals surface area contributed by atoms with E-state index in [-0.39, 0.29) is 11.2 Å². The van der Waals surface area contributed by atoms with Gasteiger partial charge in [-0.3, -0.25) is 0 Å². The van der Waals surface area contributed by atoms with Crippen LogP contribution >= 0.6 is 11.8 Å². The number of benzene rings is 1. The van der Waals surface area contributed by atoms with Crippen molar-refractivity contribution >= 4 is 17.4 Å². The number of unbranched alkanes of at least 4 members (excludes halogenated alkanes) is 1. The highest BCUT2D eigenvalue weighted by Crippen LogP contribution is 2.26. The van der Waals surface area contributed by atoms with Crippen molar-refractivity contribution in [3.05, 3.63) is 24.0 Å². The summed E-state index contributed by atoms with van der Waals surface area (Å²) in [6.45, 7) is 3.90. The fraction of sp³-hybridized carbons (Fsp3) is 0.500. The van der Waals surface area contributed by atoms with Crippen molar-refractivity contribution in [1.82, 2.24) is 0 Å². The van der Waals surface area contributed by atoms with E-state index in [1.807, 2.05) is 13.8 Å². The summed E-state index contributed by atoms with van der Waals surface area (Å²) < 4.78 is 13.1. The van der Waals surface area contributed by atoms with Gasteiger partial charge < -0.3 is 5.73 Å². The average Bonchev–Trinajstić information content (AvgIpc) is 2.27. The summed E-state index contributed by atoms with van der Waals surface area (Å²) in [4.78, 5) is 0.868. The predicted molar refractivity (Wildman–Crippen MR) is 74.8 cm³/mol. The van der Waals surface area contributed by atoms with Gasteiger partial charge in [0.1, 0.15) is 5.82 Å². The molecule has 0 saturated heterocycles. The molecule has 0 bridgehead atoms. The summed E-state index contributed by atoms with van der Waals surface area (Å²) in [5, 5.41) is 8.88. The van der Waals surface area contributed by atoms with Gasteiger partial charge in [-0.05, 0) is 50.6 Å². The number of hydrogen-bond donors (Lipinski definition) is 1. The maximum absolute atomic E-state index is 13.1. The van der Waals surface area contributed by atoms with Crippen LogP contribution in [-0.4, -0.2) is 5.75 Å². The van der Waals surface area contributed by atoms with Crippen LogP contribution in [0.5, 0.6) is 0 Å². The second kappa shape index (κ2) is 6.65. The van der Waals surface area contributed by atoms with Gasteiger partial charge in [-0.15, -0.1) is 11.8 Å². The molecule has 0 aliphatic heterocycles. The Balaban J connectivity index is 2.28. The zero-order valence-corrected chi connectivity index (χ0v) is 11.7. The zero-order chi connectivity index (χ0) is 13.6. The van der Waals surface area contributed by atoms with E-state index in [0.29, 0.717) is 5.69 Å². The Bertz CT molecular complexity index is 418. The molecule has 98 valence electrons. The summed E-state index contributed by atoms with van der Waals surface area (Å²) in [7, 11) is 0. The number of anilines is 1. The molecular formula is C14H19FN2S. The minimum absolute atomic E-state index is 0.242. The minimum Gasteiger partial charge on any atom is -0.399 e. The van der Waals surface area contributed by atoms with Crippen molar-refractivity contribution in [3.63, 3.8) is 0 Å². The molecule has 0 saturated carbocycles. The monoisotopic (exact) mass is 266 g/mol. The van der Waals surface area contributed by atoms with Crippen LogP contribution in [0.4, 0.5) is 10.1 Å². The molecule has 0 fully saturated rings. The van der Waals surface area contributed by atoms with Gasteiger partial charge in [0.15, 0.2) is 0 Å². The van der Waals surface area contributed by atoms with Crippen LogP contribution < -0.4 is 5.73 Å². The zero-order valence-electron chi connectivity index (χ0n) is 10.9. The molecule has 1 rings (SSSR count). The lowest BCUT2D eigenvalue weighted by molar-refractivity contribution is 0.433. The van der Waals surface area contributed by atoms with Crippen molar-refractivity contribution < 1.29 is 4.39 Å². The predicted octanol–water partition coefficient (Wildman–Crippen LogP) is 4.22. The van der Waals surface area contributed by atoms with Gasteiger partial charge in [-0.2, -0.15) is 5.26 Å². The maximum atomic E-state index is 13.1. The molecule has 1 aromatic rings. The highest BCUT2D eigenvalue weighted by molar-refractivity contribution is 7.99. The van der Waals surface area contributed by atoms with E-state index in [4.69, 9.17) is 11.0 Å². The molecule has 0 aliphatic carbocycles. The third-order valence-electron chi connectivity index (χ3n) is 2.66. The van der Waals surface area contributed by atoms with Crippen LogP contribution in [0.3, 0.4) is 0 Å². The lowest BCUT2D eigenvalue weighted by atomic mass is 9.89. The van der Waals surface area contributed by atoms with Gasteiger partial charge in [0.25, 0.3) is 0 Å². The standard InChI is InChI=1S/C14H19FN2S/c1-14(2,10-16)5-3-4-6-18-13-8-11(15)7-12(17)9-13/h7-9H,3-6,17H2,1-2H3. The Morgan fingerprint density at radius 3 is 2.67 bits per heavy atom. The van der Waals surface area contributed by atoms with Gasteiger partial charge in [0.05, 0.1) is 11.5 Å². The second-order valence-electron chi connectivity index (χ2n) is 5.02. The summed E-state index contributed by atoms with van der Waals surface area (Å²) in [6.07, 6.45) is 2.93. The first-order valence-corrected chi connectivity index (χ1v) is 7.02. The van der Waals surface area contributed by atoms with Crippen LogP contribution in [-0.2, 0) is 0 Å². The normalized spacial score (nSPS) is 11.2. The first kappa shape index (κ1) is 14.8. The molecule has 0 spiro atoms. The Hall–Kier alpha value is -1.21. The first-order valence-electron chi connectivity index (χ1n) is 6.03. The number of nitrogen functional groups attached to an aromatic ring is 1. The van der Waals surface area contributed by atoms with E-state index in [9.17, 15) is 4.39 Å². The van der Waals surface area contributed by atoms with Crippen molar-refractivity contribution in [2.75, 3.05) is 11.5 Å². The largest absolute Gasteiger partial charge is 0.399 e. The van der Waals surface area contributed by atoms with E-state index in [0.717, 1.165) is 29.9 Å². The number of hydrogen-bond acceptors (Lipinski definition) is 3. The van der Waals surface area contributed by atoms with Gasteiger partial charge >= 0.3 is 0 Å². The second-order valence-corrected chi connectivity index (χ2v) is 6.19. The molecule has 0 heterocycles. The molecule has 0 aliphatic rings. The SMILES string of the molecule is CC(C)(C#N)CCCCSc1cc(N)cc(F)c1. The quantitative estimate of drug-likeness (QED) is 0.476. The summed E-state index contributed by atoms with van der Waals surface area (Å²) in [5.41, 5.74) is 5.79. The van der Waals surface area contributed by atoms with E-state index < -0.39 is 0 Å². The van der Waals surface area contributed by atoms with E-state index >= 15 is 0 Å². The topological polar surface area (TPSA) is 49.8 Å². The summed E-state index contributed by atoms with van der Waals surface area (Å²) in [5.74, 6) is 0.632. The highest BCUT2D eigenvalue weighted by Gasteiger charge is 2.15. The first-order chi connectivity index (χ1) is 8.43. The van der Waals surface area contributed by atoms with Crippen LogP contribution in [0.25, 0.3) is 0 Å². The number of thioether (sulfide) groups is 1. The molecule has 1 aromatic carbocycles. The van der Waals surface area contributed by atoms with Crippen molar-refractivity contribution in [3.8, 4) is 6.07 Å². The molecule has 0 atom stereocenters. The average molecular weight is 266 g/mol. The molecular weight excluding hydrogens is 247 g/mol. The molecule has 0 aromatic heterocycles. The van der Waals surface area contributed by atoms with Crippen molar-refractivity contribution in [2.45, 2.75) is 38.0 Å². The van der Waals surface area contributed by atoms with Crippen LogP contribution in [0.2, 0.25) is 0 Å². The van der Waals surface area contributed by atoms with Gasteiger partial charge in [0.2, 0.25) is 0 Å². The number of halogens is 1. The Labute approximate surface area is 112 Å². The van der Waals surface area contributed by atoms with Crippen molar-refractivity contribution in [2.24, 2.45) is 5.41 Å². The van der Waals surface area contributed by atoms with Crippen LogP contribution in [0, 0.1) is 22.6 Å². The van der Waals surface area contributed by atoms with Crippen LogP contribution in [0.15, 0.2) is 23.1 Å². The number of nitrogens with two attached hydrogens (primary N) is 1. The fourth-order valence-corrected chi connectivity index (χ4v) is 2.58. The molecule has 2 nitrogen and oxygen atoms in total. The third kappa shape index (κ3) is 5.42. The Kier molecular flexibility index (Phi) is 5.49. The maximum Gasteiger partial charge on any atom is 0.126 e. The van der Waals surface area contributed by atoms with E-state index in [1.165, 1.54) is 12.1 Å². The highest BCUT2D eigenvalue weighted by atomic mass is 32.2. The molecule has 0 unspecified atom stereocenters. The van der Waals surface area contributed by atoms with Gasteiger partial charge in [0, 0.05) is 10.6 Å². The van der Waals surface area contributed by atoms with E-state index in [1.54, 1.807) is 17.8 Å². The Morgan fingerprint density at radius 1 is 1.33 bits per heavy atom. The minimum atomic E-state index is -0.289. The summed E-state index contributed by atoms with van der Waals surface area (Å²) >= 11 is 1.60. The number of nitrogens with zero attached hydrogens (tertiary/aromatic N) is 1. The molecule has 0 amide bonds. The van der Waals surface area contributed by atoms with Crippen molar-refractivity contribution in [1.29, 1.82) is 5.26 Å². The lowest BCUT2D eigenvalue weighted by Gasteiger charge is -2.14. The molecule has 18 heavy (non-hydrogen) atoms. The fourth-order valence-electron chi connectivity index (χ4n) is 1.58. The van der Waals surface area contributed by atoms with Gasteiger partial charge in [-0.1, -0.05) is 6.42 Å². The number of rotatable bonds is 6. The van der Waals surface area contributed by atoms with Crippen LogP contribution in [0.1, 0.15) is 33.1 Å². The van der Waals surface area contributed by atoms with Gasteiger partial charge in [-0.25, -0.2) is 4.39 Å². The number of nitriles is 1. The lowest BCUT2D eigenvalue weighted by Crippen LogP contribution is -2.07. The third-order valence-corrected chi connectivity index (χ3v) is 3.72. The summed E-state index contributed by atoms with van der Waals surface area (Å²) in [6, 6.07) is 6.90. The Morgan fingerprint density at radius 2 is 2.06 bits per heavy atom.